The number of urea groups is 1. The Hall–Kier alpha value is -1.65. The zero-order valence-corrected chi connectivity index (χ0v) is 8.49. The van der Waals surface area contributed by atoms with Crippen LogP contribution in [0.2, 0.25) is 0 Å². The monoisotopic (exact) mass is 197 g/mol. The molecule has 0 aromatic heterocycles. The van der Waals surface area contributed by atoms with E-state index < -0.39 is 0 Å². The summed E-state index contributed by atoms with van der Waals surface area (Å²) in [5, 5.41) is 2.56. The van der Waals surface area contributed by atoms with Gasteiger partial charge < -0.3 is 10.2 Å². The number of rotatable bonds is 4. The van der Waals surface area contributed by atoms with Gasteiger partial charge in [0.25, 0.3) is 0 Å². The molecule has 5 heteroatoms. The Bertz CT molecular complexity index is 248. The highest BCUT2D eigenvalue weighted by Gasteiger charge is 2.04. The Balaban J connectivity index is 3.73. The number of aliphatic imine (C=N–C) groups is 1. The largest absolute Gasteiger partial charge is 0.351 e. The zero-order valence-electron chi connectivity index (χ0n) is 8.49. The van der Waals surface area contributed by atoms with Gasteiger partial charge in [-0.1, -0.05) is 6.58 Å². The second-order valence-electron chi connectivity index (χ2n) is 2.59. The Morgan fingerprint density at radius 1 is 1.57 bits per heavy atom. The molecule has 1 N–H and O–H groups in total. The molecule has 0 bridgehead atoms. The van der Waals surface area contributed by atoms with Crippen molar-refractivity contribution < 1.29 is 9.59 Å². The van der Waals surface area contributed by atoms with Crippen LogP contribution in [0.3, 0.4) is 0 Å². The van der Waals surface area contributed by atoms with Crippen LogP contribution < -0.4 is 5.32 Å². The van der Waals surface area contributed by atoms with Crippen molar-refractivity contribution in [3.8, 4) is 0 Å². The molecule has 0 aromatic carbocycles. The maximum Gasteiger partial charge on any atom is 0.342 e. The first-order valence-electron chi connectivity index (χ1n) is 4.25. The fraction of sp³-hybridized carbons (Fsp3) is 0.444. The van der Waals surface area contributed by atoms with E-state index in [0.717, 1.165) is 0 Å². The summed E-state index contributed by atoms with van der Waals surface area (Å²) in [5.41, 5.74) is 0. The van der Waals surface area contributed by atoms with Crippen LogP contribution in [-0.4, -0.2) is 43.2 Å². The number of hydrogen-bond donors (Lipinski definition) is 1. The van der Waals surface area contributed by atoms with Gasteiger partial charge in [-0.2, -0.15) is 0 Å². The van der Waals surface area contributed by atoms with Crippen LogP contribution in [0.5, 0.6) is 0 Å². The third-order valence-electron chi connectivity index (χ3n) is 1.50. The van der Waals surface area contributed by atoms with Gasteiger partial charge in [-0.3, -0.25) is 4.79 Å². The van der Waals surface area contributed by atoms with Crippen molar-refractivity contribution in [3.05, 3.63) is 12.7 Å². The van der Waals surface area contributed by atoms with E-state index in [4.69, 9.17) is 0 Å². The summed E-state index contributed by atoms with van der Waals surface area (Å²) in [7, 11) is 1.62. The second-order valence-corrected chi connectivity index (χ2v) is 2.59. The van der Waals surface area contributed by atoms with Crippen LogP contribution in [-0.2, 0) is 4.79 Å². The van der Waals surface area contributed by atoms with Crippen LogP contribution in [0.1, 0.15) is 6.92 Å². The summed E-state index contributed by atoms with van der Waals surface area (Å²) < 4.78 is 0. The third-order valence-corrected chi connectivity index (χ3v) is 1.50. The average molecular weight is 197 g/mol. The standard InChI is InChI=1S/C9H15N3O2/c1-4-8(13)11-6-7-12(3)9(14)10-5-2/h4-5H,1,6-7H2,2-3H3,(H,11,13). The van der Waals surface area contributed by atoms with Gasteiger partial charge in [0.15, 0.2) is 0 Å². The first-order chi connectivity index (χ1) is 6.61. The van der Waals surface area contributed by atoms with Crippen molar-refractivity contribution in [1.82, 2.24) is 10.2 Å². The van der Waals surface area contributed by atoms with Crippen molar-refractivity contribution in [1.29, 1.82) is 0 Å². The van der Waals surface area contributed by atoms with Crippen molar-refractivity contribution in [2.45, 2.75) is 6.92 Å². The minimum Gasteiger partial charge on any atom is -0.351 e. The molecule has 0 heterocycles. The lowest BCUT2D eigenvalue weighted by atomic mass is 10.5. The number of hydrogen-bond acceptors (Lipinski definition) is 2. The Kier molecular flexibility index (Phi) is 6.02. The molecular formula is C9H15N3O2. The smallest absolute Gasteiger partial charge is 0.342 e. The topological polar surface area (TPSA) is 61.8 Å². The van der Waals surface area contributed by atoms with E-state index in [-0.39, 0.29) is 11.9 Å². The molecule has 0 rings (SSSR count). The molecule has 0 radical (unpaired) electrons. The highest BCUT2D eigenvalue weighted by atomic mass is 16.2. The zero-order chi connectivity index (χ0) is 11.0. The van der Waals surface area contributed by atoms with E-state index in [0.29, 0.717) is 13.1 Å². The molecule has 0 saturated carbocycles. The number of likely N-dealkylation sites (N-methyl/N-ethyl adjacent to an activating group) is 1. The lowest BCUT2D eigenvalue weighted by Crippen LogP contribution is -2.34. The molecule has 0 atom stereocenters. The normalized spacial score (nSPS) is 9.86. The lowest BCUT2D eigenvalue weighted by Gasteiger charge is -2.13. The van der Waals surface area contributed by atoms with E-state index in [1.54, 1.807) is 14.0 Å². The first kappa shape index (κ1) is 12.3. The molecule has 0 aromatic rings. The fourth-order valence-corrected chi connectivity index (χ4v) is 0.724. The van der Waals surface area contributed by atoms with Crippen LogP contribution >= 0.6 is 0 Å². The summed E-state index contributed by atoms with van der Waals surface area (Å²) >= 11 is 0. The number of carbonyl (C=O) groups excluding carboxylic acids is 2. The number of amides is 3. The van der Waals surface area contributed by atoms with Gasteiger partial charge in [0, 0.05) is 26.4 Å². The third kappa shape index (κ3) is 5.08. The van der Waals surface area contributed by atoms with E-state index in [1.807, 2.05) is 0 Å². The minimum absolute atomic E-state index is 0.246. The molecular weight excluding hydrogens is 182 g/mol. The van der Waals surface area contributed by atoms with Crippen molar-refractivity contribution in [3.63, 3.8) is 0 Å². The second kappa shape index (κ2) is 6.82. The quantitative estimate of drug-likeness (QED) is 0.524. The molecule has 0 saturated heterocycles. The Morgan fingerprint density at radius 2 is 2.21 bits per heavy atom. The molecule has 0 unspecified atom stereocenters. The summed E-state index contributed by atoms with van der Waals surface area (Å²) in [6.07, 6.45) is 2.62. The molecule has 0 spiro atoms. The molecule has 5 nitrogen and oxygen atoms in total. The van der Waals surface area contributed by atoms with Gasteiger partial charge in [-0.25, -0.2) is 9.79 Å². The van der Waals surface area contributed by atoms with Gasteiger partial charge in [0.05, 0.1) is 0 Å². The van der Waals surface area contributed by atoms with Crippen LogP contribution in [0.25, 0.3) is 0 Å². The molecule has 0 aliphatic rings. The Labute approximate surface area is 83.5 Å². The summed E-state index contributed by atoms with van der Waals surface area (Å²) in [6.45, 7) is 5.80. The predicted octanol–water partition coefficient (Wildman–Crippen LogP) is 0.431. The summed E-state index contributed by atoms with van der Waals surface area (Å²) in [6, 6.07) is -0.319. The van der Waals surface area contributed by atoms with Crippen molar-refractivity contribution in [2.24, 2.45) is 4.99 Å². The average Bonchev–Trinajstić information content (AvgIpc) is 2.17. The molecule has 14 heavy (non-hydrogen) atoms. The molecule has 3 amide bonds. The highest BCUT2D eigenvalue weighted by molar-refractivity contribution is 5.87. The van der Waals surface area contributed by atoms with Crippen LogP contribution in [0, 0.1) is 0 Å². The highest BCUT2D eigenvalue weighted by Crippen LogP contribution is 1.86. The molecule has 0 fully saturated rings. The maximum atomic E-state index is 11.1. The molecule has 0 aliphatic carbocycles. The van der Waals surface area contributed by atoms with E-state index in [2.05, 4.69) is 16.9 Å². The van der Waals surface area contributed by atoms with Crippen LogP contribution in [0.15, 0.2) is 17.6 Å². The van der Waals surface area contributed by atoms with Crippen LogP contribution in [0.4, 0.5) is 4.79 Å². The maximum absolute atomic E-state index is 11.1. The lowest BCUT2D eigenvalue weighted by molar-refractivity contribution is -0.116. The predicted molar refractivity (Wildman–Crippen MR) is 55.4 cm³/mol. The summed E-state index contributed by atoms with van der Waals surface area (Å²) in [4.78, 5) is 26.8. The van der Waals surface area contributed by atoms with E-state index in [1.165, 1.54) is 17.2 Å². The number of carbonyl (C=O) groups is 2. The Morgan fingerprint density at radius 3 is 2.71 bits per heavy atom. The van der Waals surface area contributed by atoms with E-state index >= 15 is 0 Å². The number of nitrogens with zero attached hydrogens (tertiary/aromatic N) is 2. The summed E-state index contributed by atoms with van der Waals surface area (Å²) in [5.74, 6) is -0.246. The van der Waals surface area contributed by atoms with E-state index in [9.17, 15) is 9.59 Å². The van der Waals surface area contributed by atoms with Gasteiger partial charge in [-0.05, 0) is 13.0 Å². The SMILES string of the molecule is C=CC(=O)NCCN(C)C(=O)N=CC. The van der Waals surface area contributed by atoms with Gasteiger partial charge in [-0.15, -0.1) is 0 Å². The molecule has 0 aliphatic heterocycles. The van der Waals surface area contributed by atoms with Gasteiger partial charge >= 0.3 is 6.03 Å². The molecule has 78 valence electrons. The van der Waals surface area contributed by atoms with Gasteiger partial charge in [0.2, 0.25) is 5.91 Å². The minimum atomic E-state index is -0.319. The number of nitrogens with one attached hydrogen (secondary N) is 1. The first-order valence-corrected chi connectivity index (χ1v) is 4.25. The van der Waals surface area contributed by atoms with Crippen molar-refractivity contribution >= 4 is 18.2 Å². The van der Waals surface area contributed by atoms with Gasteiger partial charge in [0.1, 0.15) is 0 Å². The van der Waals surface area contributed by atoms with Crippen molar-refractivity contribution in [2.75, 3.05) is 20.1 Å². The fourth-order valence-electron chi connectivity index (χ4n) is 0.724.